The Labute approximate surface area is 137 Å². The Morgan fingerprint density at radius 3 is 2.52 bits per heavy atom. The van der Waals surface area contributed by atoms with E-state index in [0.29, 0.717) is 0 Å². The Hall–Kier alpha value is -2.49. The van der Waals surface area contributed by atoms with Gasteiger partial charge < -0.3 is 14.5 Å². The van der Waals surface area contributed by atoms with E-state index in [1.54, 1.807) is 0 Å². The molecule has 23 heavy (non-hydrogen) atoms. The van der Waals surface area contributed by atoms with Gasteiger partial charge in [0.1, 0.15) is 11.4 Å². The van der Waals surface area contributed by atoms with Crippen molar-refractivity contribution in [2.75, 3.05) is 11.9 Å². The number of benzene rings is 1. The first-order chi connectivity index (χ1) is 11.1. The summed E-state index contributed by atoms with van der Waals surface area (Å²) in [6.07, 6.45) is 2.28. The first-order valence-corrected chi connectivity index (χ1v) is 8.08. The Balaban J connectivity index is 1.97. The van der Waals surface area contributed by atoms with Crippen LogP contribution in [0.4, 0.5) is 5.69 Å². The normalized spacial score (nSPS) is 11.2. The van der Waals surface area contributed by atoms with E-state index < -0.39 is 0 Å². The van der Waals surface area contributed by atoms with Crippen molar-refractivity contribution in [1.29, 1.82) is 0 Å². The maximum absolute atomic E-state index is 5.70. The molecule has 3 aromatic rings. The zero-order valence-corrected chi connectivity index (χ0v) is 14.1. The number of fused-ring (bicyclic) bond motifs is 1. The number of rotatable bonds is 5. The first-order valence-electron chi connectivity index (χ1n) is 8.08. The largest absolute Gasteiger partial charge is 0.491 e. The maximum Gasteiger partial charge on any atom is 0.137 e. The number of anilines is 1. The summed E-state index contributed by atoms with van der Waals surface area (Å²) in [6.45, 7) is 9.16. The predicted octanol–water partition coefficient (Wildman–Crippen LogP) is 4.53. The SMILES string of the molecule is CCNc1ccc2nc(-c3ccc(OC(C)C)cc3)c(C)n2c1. The Bertz CT molecular complexity index is 803. The molecule has 0 unspecified atom stereocenters. The number of pyridine rings is 1. The van der Waals surface area contributed by atoms with E-state index in [-0.39, 0.29) is 6.10 Å². The Morgan fingerprint density at radius 2 is 1.87 bits per heavy atom. The molecule has 0 bridgehead atoms. The van der Waals surface area contributed by atoms with Crippen LogP contribution < -0.4 is 10.1 Å². The van der Waals surface area contributed by atoms with Gasteiger partial charge in [-0.3, -0.25) is 0 Å². The molecule has 1 aromatic carbocycles. The molecule has 120 valence electrons. The van der Waals surface area contributed by atoms with Crippen molar-refractivity contribution in [1.82, 2.24) is 9.38 Å². The Morgan fingerprint density at radius 1 is 1.13 bits per heavy atom. The highest BCUT2D eigenvalue weighted by molar-refractivity contribution is 5.68. The minimum absolute atomic E-state index is 0.183. The van der Waals surface area contributed by atoms with Crippen LogP contribution in [0.2, 0.25) is 0 Å². The molecule has 4 heteroatoms. The van der Waals surface area contributed by atoms with Crippen molar-refractivity contribution < 1.29 is 4.74 Å². The second-order valence-corrected chi connectivity index (χ2v) is 5.91. The lowest BCUT2D eigenvalue weighted by atomic mass is 10.1. The zero-order chi connectivity index (χ0) is 16.4. The van der Waals surface area contributed by atoms with Gasteiger partial charge in [-0.05, 0) is 64.1 Å². The lowest BCUT2D eigenvalue weighted by Gasteiger charge is -2.09. The van der Waals surface area contributed by atoms with Crippen molar-refractivity contribution in [3.05, 3.63) is 48.3 Å². The molecule has 0 saturated heterocycles. The molecule has 0 aliphatic rings. The number of ether oxygens (including phenoxy) is 1. The summed E-state index contributed by atoms with van der Waals surface area (Å²) < 4.78 is 7.83. The van der Waals surface area contributed by atoms with Crippen molar-refractivity contribution in [2.24, 2.45) is 0 Å². The molecule has 3 rings (SSSR count). The van der Waals surface area contributed by atoms with Crippen LogP contribution in [0.3, 0.4) is 0 Å². The van der Waals surface area contributed by atoms with Crippen LogP contribution in [-0.4, -0.2) is 22.0 Å². The van der Waals surface area contributed by atoms with Crippen LogP contribution >= 0.6 is 0 Å². The van der Waals surface area contributed by atoms with E-state index >= 15 is 0 Å². The molecule has 2 aromatic heterocycles. The third-order valence-electron chi connectivity index (χ3n) is 3.74. The van der Waals surface area contributed by atoms with Gasteiger partial charge in [-0.1, -0.05) is 0 Å². The van der Waals surface area contributed by atoms with Crippen molar-refractivity contribution in [3.63, 3.8) is 0 Å². The number of nitrogens with one attached hydrogen (secondary N) is 1. The van der Waals surface area contributed by atoms with Crippen LogP contribution in [0.5, 0.6) is 5.75 Å². The first kappa shape index (κ1) is 15.4. The van der Waals surface area contributed by atoms with Crippen LogP contribution in [-0.2, 0) is 0 Å². The van der Waals surface area contributed by atoms with E-state index in [2.05, 4.69) is 48.0 Å². The number of nitrogens with zero attached hydrogens (tertiary/aromatic N) is 2. The molecule has 0 aliphatic carbocycles. The van der Waals surface area contributed by atoms with Gasteiger partial charge >= 0.3 is 0 Å². The van der Waals surface area contributed by atoms with E-state index in [1.807, 2.05) is 32.0 Å². The minimum atomic E-state index is 0.183. The lowest BCUT2D eigenvalue weighted by Crippen LogP contribution is -2.05. The average molecular weight is 309 g/mol. The monoisotopic (exact) mass is 309 g/mol. The van der Waals surface area contributed by atoms with Gasteiger partial charge in [0.25, 0.3) is 0 Å². The van der Waals surface area contributed by atoms with Crippen LogP contribution in [0.15, 0.2) is 42.6 Å². The van der Waals surface area contributed by atoms with Gasteiger partial charge in [-0.2, -0.15) is 0 Å². The maximum atomic E-state index is 5.70. The van der Waals surface area contributed by atoms with Crippen molar-refractivity contribution in [3.8, 4) is 17.0 Å². The topological polar surface area (TPSA) is 38.6 Å². The number of hydrogen-bond acceptors (Lipinski definition) is 3. The molecular weight excluding hydrogens is 286 g/mol. The van der Waals surface area contributed by atoms with E-state index in [9.17, 15) is 0 Å². The summed E-state index contributed by atoms with van der Waals surface area (Å²) in [5.41, 5.74) is 5.31. The van der Waals surface area contributed by atoms with E-state index in [4.69, 9.17) is 9.72 Å². The summed E-state index contributed by atoms with van der Waals surface area (Å²) in [5, 5.41) is 3.34. The van der Waals surface area contributed by atoms with Crippen molar-refractivity contribution in [2.45, 2.75) is 33.8 Å². The third kappa shape index (κ3) is 3.16. The molecule has 0 aliphatic heterocycles. The van der Waals surface area contributed by atoms with Gasteiger partial charge in [-0.15, -0.1) is 0 Å². The zero-order valence-electron chi connectivity index (χ0n) is 14.1. The molecule has 4 nitrogen and oxygen atoms in total. The fourth-order valence-corrected chi connectivity index (χ4v) is 2.71. The molecule has 0 radical (unpaired) electrons. The highest BCUT2D eigenvalue weighted by atomic mass is 16.5. The highest BCUT2D eigenvalue weighted by Gasteiger charge is 2.11. The van der Waals surface area contributed by atoms with Crippen molar-refractivity contribution >= 4 is 11.3 Å². The average Bonchev–Trinajstić information content (AvgIpc) is 2.85. The smallest absolute Gasteiger partial charge is 0.137 e. The van der Waals surface area contributed by atoms with Crippen LogP contribution in [0.25, 0.3) is 16.9 Å². The number of aromatic nitrogens is 2. The second kappa shape index (κ2) is 6.32. The highest BCUT2D eigenvalue weighted by Crippen LogP contribution is 2.27. The Kier molecular flexibility index (Phi) is 4.24. The van der Waals surface area contributed by atoms with Gasteiger partial charge in [0.2, 0.25) is 0 Å². The standard InChI is InChI=1S/C19H23N3O/c1-5-20-16-8-11-18-21-19(14(4)22(18)12-16)15-6-9-17(10-7-15)23-13(2)3/h6-13,20H,5H2,1-4H3. The minimum Gasteiger partial charge on any atom is -0.491 e. The molecule has 1 N–H and O–H groups in total. The summed E-state index contributed by atoms with van der Waals surface area (Å²) >= 11 is 0. The van der Waals surface area contributed by atoms with Gasteiger partial charge in [-0.25, -0.2) is 4.98 Å². The molecular formula is C19H23N3O. The fraction of sp³-hybridized carbons (Fsp3) is 0.316. The second-order valence-electron chi connectivity index (χ2n) is 5.91. The lowest BCUT2D eigenvalue weighted by molar-refractivity contribution is 0.242. The summed E-state index contributed by atoms with van der Waals surface area (Å²) in [7, 11) is 0. The summed E-state index contributed by atoms with van der Waals surface area (Å²) in [6, 6.07) is 12.3. The van der Waals surface area contributed by atoms with Gasteiger partial charge in [0.05, 0.1) is 17.5 Å². The predicted molar refractivity (Wildman–Crippen MR) is 95.3 cm³/mol. The fourth-order valence-electron chi connectivity index (χ4n) is 2.71. The van der Waals surface area contributed by atoms with Gasteiger partial charge in [0, 0.05) is 24.0 Å². The quantitative estimate of drug-likeness (QED) is 0.752. The third-order valence-corrected chi connectivity index (χ3v) is 3.74. The van der Waals surface area contributed by atoms with E-state index in [0.717, 1.165) is 40.6 Å². The number of hydrogen-bond donors (Lipinski definition) is 1. The molecule has 0 spiro atoms. The molecule has 2 heterocycles. The van der Waals surface area contributed by atoms with Crippen LogP contribution in [0, 0.1) is 6.92 Å². The molecule has 0 amide bonds. The number of aryl methyl sites for hydroxylation is 1. The molecule has 0 fully saturated rings. The summed E-state index contributed by atoms with van der Waals surface area (Å²) in [5.74, 6) is 0.889. The van der Waals surface area contributed by atoms with Gasteiger partial charge in [0.15, 0.2) is 0 Å². The van der Waals surface area contributed by atoms with E-state index in [1.165, 1.54) is 0 Å². The van der Waals surface area contributed by atoms with Crippen LogP contribution in [0.1, 0.15) is 26.5 Å². The molecule has 0 atom stereocenters. The molecule has 0 saturated carbocycles. The summed E-state index contributed by atoms with van der Waals surface area (Å²) in [4.78, 5) is 4.77. The number of imidazole rings is 1.